The zero-order chi connectivity index (χ0) is 14.2. The first kappa shape index (κ1) is 15.5. The molecular formula is C15H21BrN2O2. The van der Waals surface area contributed by atoms with Gasteiger partial charge in [0.1, 0.15) is 6.61 Å². The highest BCUT2D eigenvalue weighted by Gasteiger charge is 2.12. The Labute approximate surface area is 128 Å². The van der Waals surface area contributed by atoms with E-state index in [2.05, 4.69) is 26.6 Å². The van der Waals surface area contributed by atoms with Crippen molar-refractivity contribution in [2.24, 2.45) is 5.92 Å². The monoisotopic (exact) mass is 340 g/mol. The Morgan fingerprint density at radius 3 is 2.90 bits per heavy atom. The summed E-state index contributed by atoms with van der Waals surface area (Å²) in [6, 6.07) is 7.50. The molecule has 2 N–H and O–H groups in total. The van der Waals surface area contributed by atoms with Crippen molar-refractivity contribution in [2.45, 2.75) is 19.3 Å². The van der Waals surface area contributed by atoms with Gasteiger partial charge in [-0.3, -0.25) is 4.79 Å². The zero-order valence-electron chi connectivity index (χ0n) is 11.5. The van der Waals surface area contributed by atoms with Gasteiger partial charge in [0.05, 0.1) is 0 Å². The Morgan fingerprint density at radius 2 is 2.20 bits per heavy atom. The van der Waals surface area contributed by atoms with Gasteiger partial charge in [-0.25, -0.2) is 0 Å². The maximum absolute atomic E-state index is 11.7. The lowest BCUT2D eigenvalue weighted by molar-refractivity contribution is -0.120. The lowest BCUT2D eigenvalue weighted by atomic mass is 9.97. The SMILES string of the molecule is O=C(COCCC1CCCNC1)Nc1ccc(Br)cc1. The van der Waals surface area contributed by atoms with Gasteiger partial charge in [0, 0.05) is 16.8 Å². The summed E-state index contributed by atoms with van der Waals surface area (Å²) < 4.78 is 6.44. The molecule has 1 aliphatic heterocycles. The molecule has 1 unspecified atom stereocenters. The van der Waals surface area contributed by atoms with E-state index in [1.54, 1.807) is 0 Å². The molecule has 1 heterocycles. The minimum atomic E-state index is -0.103. The third kappa shape index (κ3) is 5.61. The molecule has 2 rings (SSSR count). The average Bonchev–Trinajstić information content (AvgIpc) is 2.47. The molecule has 1 aromatic rings. The van der Waals surface area contributed by atoms with Crippen LogP contribution in [0.4, 0.5) is 5.69 Å². The van der Waals surface area contributed by atoms with Crippen LogP contribution in [0.15, 0.2) is 28.7 Å². The largest absolute Gasteiger partial charge is 0.372 e. The molecule has 20 heavy (non-hydrogen) atoms. The lowest BCUT2D eigenvalue weighted by Gasteiger charge is -2.22. The van der Waals surface area contributed by atoms with E-state index in [4.69, 9.17) is 4.74 Å². The molecule has 1 amide bonds. The van der Waals surface area contributed by atoms with Crippen LogP contribution in [0.5, 0.6) is 0 Å². The van der Waals surface area contributed by atoms with Crippen LogP contribution in [-0.4, -0.2) is 32.2 Å². The summed E-state index contributed by atoms with van der Waals surface area (Å²) in [6.45, 7) is 2.98. The smallest absolute Gasteiger partial charge is 0.250 e. The fourth-order valence-electron chi connectivity index (χ4n) is 2.32. The van der Waals surface area contributed by atoms with Gasteiger partial charge in [0.25, 0.3) is 0 Å². The Balaban J connectivity index is 1.59. The second-order valence-electron chi connectivity index (χ2n) is 5.11. The predicted molar refractivity (Wildman–Crippen MR) is 83.8 cm³/mol. The molecule has 0 saturated carbocycles. The molecule has 0 aliphatic carbocycles. The first-order valence-electron chi connectivity index (χ1n) is 7.08. The third-order valence-electron chi connectivity index (χ3n) is 3.43. The molecule has 0 bridgehead atoms. The van der Waals surface area contributed by atoms with Gasteiger partial charge in [-0.1, -0.05) is 15.9 Å². The first-order valence-corrected chi connectivity index (χ1v) is 7.87. The molecule has 1 aliphatic rings. The van der Waals surface area contributed by atoms with E-state index in [-0.39, 0.29) is 12.5 Å². The van der Waals surface area contributed by atoms with Gasteiger partial charge in [-0.15, -0.1) is 0 Å². The second kappa shape index (κ2) is 8.39. The number of carbonyl (C=O) groups excluding carboxylic acids is 1. The Hall–Kier alpha value is -0.910. The van der Waals surface area contributed by atoms with Crippen molar-refractivity contribution in [1.82, 2.24) is 5.32 Å². The quantitative estimate of drug-likeness (QED) is 0.783. The van der Waals surface area contributed by atoms with Crippen LogP contribution in [0.3, 0.4) is 0 Å². The van der Waals surface area contributed by atoms with Crippen molar-refractivity contribution in [3.05, 3.63) is 28.7 Å². The van der Waals surface area contributed by atoms with Gasteiger partial charge in [0.2, 0.25) is 5.91 Å². The van der Waals surface area contributed by atoms with Gasteiger partial charge >= 0.3 is 0 Å². The number of rotatable bonds is 6. The van der Waals surface area contributed by atoms with E-state index < -0.39 is 0 Å². The van der Waals surface area contributed by atoms with Crippen LogP contribution in [0.2, 0.25) is 0 Å². The van der Waals surface area contributed by atoms with Crippen molar-refractivity contribution in [3.63, 3.8) is 0 Å². The summed E-state index contributed by atoms with van der Waals surface area (Å²) in [6.07, 6.45) is 3.54. The number of hydrogen-bond donors (Lipinski definition) is 2. The van der Waals surface area contributed by atoms with Gasteiger partial charge in [-0.05, 0) is 62.5 Å². The number of ether oxygens (including phenoxy) is 1. The van der Waals surface area contributed by atoms with Crippen molar-refractivity contribution in [3.8, 4) is 0 Å². The number of carbonyl (C=O) groups is 1. The molecule has 1 atom stereocenters. The Bertz CT molecular complexity index is 416. The normalized spacial score (nSPS) is 18.8. The summed E-state index contributed by atoms with van der Waals surface area (Å²) >= 11 is 3.36. The maximum atomic E-state index is 11.7. The first-order chi connectivity index (χ1) is 9.74. The van der Waals surface area contributed by atoms with Gasteiger partial charge in [-0.2, -0.15) is 0 Å². The summed E-state index contributed by atoms with van der Waals surface area (Å²) in [5.74, 6) is 0.590. The number of benzene rings is 1. The van der Waals surface area contributed by atoms with Gasteiger partial charge < -0.3 is 15.4 Å². The number of halogens is 1. The van der Waals surface area contributed by atoms with E-state index in [0.29, 0.717) is 12.5 Å². The minimum absolute atomic E-state index is 0.103. The van der Waals surface area contributed by atoms with E-state index in [1.807, 2.05) is 24.3 Å². The van der Waals surface area contributed by atoms with E-state index >= 15 is 0 Å². The summed E-state index contributed by atoms with van der Waals surface area (Å²) in [5, 5.41) is 6.19. The summed E-state index contributed by atoms with van der Waals surface area (Å²) in [5.41, 5.74) is 0.790. The van der Waals surface area contributed by atoms with E-state index in [9.17, 15) is 4.79 Å². The van der Waals surface area contributed by atoms with E-state index in [0.717, 1.165) is 29.7 Å². The second-order valence-corrected chi connectivity index (χ2v) is 6.02. The Kier molecular flexibility index (Phi) is 6.50. The van der Waals surface area contributed by atoms with Crippen LogP contribution < -0.4 is 10.6 Å². The number of nitrogens with one attached hydrogen (secondary N) is 2. The number of anilines is 1. The molecular weight excluding hydrogens is 320 g/mol. The number of hydrogen-bond acceptors (Lipinski definition) is 3. The summed E-state index contributed by atoms with van der Waals surface area (Å²) in [7, 11) is 0. The van der Waals surface area contributed by atoms with E-state index in [1.165, 1.54) is 12.8 Å². The molecule has 1 fully saturated rings. The van der Waals surface area contributed by atoms with Crippen molar-refractivity contribution >= 4 is 27.5 Å². The molecule has 5 heteroatoms. The standard InChI is InChI=1S/C15H21BrN2O2/c16-13-3-5-14(6-4-13)18-15(19)11-20-9-7-12-2-1-8-17-10-12/h3-6,12,17H,1-2,7-11H2,(H,18,19). The highest BCUT2D eigenvalue weighted by atomic mass is 79.9. The van der Waals surface area contributed by atoms with Crippen LogP contribution in [0.25, 0.3) is 0 Å². The van der Waals surface area contributed by atoms with Crippen molar-refractivity contribution in [2.75, 3.05) is 31.6 Å². The summed E-state index contributed by atoms with van der Waals surface area (Å²) in [4.78, 5) is 11.7. The molecule has 4 nitrogen and oxygen atoms in total. The van der Waals surface area contributed by atoms with Gasteiger partial charge in [0.15, 0.2) is 0 Å². The fraction of sp³-hybridized carbons (Fsp3) is 0.533. The van der Waals surface area contributed by atoms with Crippen LogP contribution in [0, 0.1) is 5.92 Å². The molecule has 1 aromatic carbocycles. The fourth-order valence-corrected chi connectivity index (χ4v) is 2.58. The number of piperidine rings is 1. The van der Waals surface area contributed by atoms with Crippen LogP contribution in [0.1, 0.15) is 19.3 Å². The predicted octanol–water partition coefficient (Wildman–Crippen LogP) is 2.79. The highest BCUT2D eigenvalue weighted by Crippen LogP contribution is 2.15. The highest BCUT2D eigenvalue weighted by molar-refractivity contribution is 9.10. The minimum Gasteiger partial charge on any atom is -0.372 e. The Morgan fingerprint density at radius 1 is 1.40 bits per heavy atom. The lowest BCUT2D eigenvalue weighted by Crippen LogP contribution is -2.30. The maximum Gasteiger partial charge on any atom is 0.250 e. The molecule has 0 spiro atoms. The zero-order valence-corrected chi connectivity index (χ0v) is 13.1. The molecule has 0 aromatic heterocycles. The van der Waals surface area contributed by atoms with Crippen molar-refractivity contribution in [1.29, 1.82) is 0 Å². The topological polar surface area (TPSA) is 50.4 Å². The molecule has 110 valence electrons. The van der Waals surface area contributed by atoms with Crippen molar-refractivity contribution < 1.29 is 9.53 Å². The van der Waals surface area contributed by atoms with Crippen LogP contribution >= 0.6 is 15.9 Å². The van der Waals surface area contributed by atoms with Crippen LogP contribution in [-0.2, 0) is 9.53 Å². The molecule has 1 saturated heterocycles. The average molecular weight is 341 g/mol. The number of amides is 1. The molecule has 0 radical (unpaired) electrons. The third-order valence-corrected chi connectivity index (χ3v) is 3.96.